The zero-order chi connectivity index (χ0) is 31.4. The van der Waals surface area contributed by atoms with Crippen molar-refractivity contribution in [2.45, 2.75) is 70.6 Å². The summed E-state index contributed by atoms with van der Waals surface area (Å²) in [6.07, 6.45) is 4.70. The van der Waals surface area contributed by atoms with Gasteiger partial charge in [-0.2, -0.15) is 0 Å². The van der Waals surface area contributed by atoms with Crippen LogP contribution in [0.4, 0.5) is 4.79 Å². The molecule has 0 heterocycles. The molecule has 2 aliphatic rings. The number of esters is 1. The minimum atomic E-state index is -0.920. The SMILES string of the molecule is CC(C)(C)OC(=O)N[C@H](Cc1ccccc1)C(=O)OC1c2ccccc2CC1(CCc1ccccc1)C1=Cc2ccccc2C1. The number of amides is 1. The second-order valence-corrected chi connectivity index (χ2v) is 13.3. The highest BCUT2D eigenvalue weighted by molar-refractivity contribution is 5.82. The quantitative estimate of drug-likeness (QED) is 0.197. The topological polar surface area (TPSA) is 64.6 Å². The molecule has 3 atom stereocenters. The highest BCUT2D eigenvalue weighted by Crippen LogP contribution is 2.57. The summed E-state index contributed by atoms with van der Waals surface area (Å²) in [6.45, 7) is 5.42. The van der Waals surface area contributed by atoms with Crippen LogP contribution in [0.25, 0.3) is 6.08 Å². The van der Waals surface area contributed by atoms with Gasteiger partial charge in [0.1, 0.15) is 17.7 Å². The number of rotatable bonds is 9. The van der Waals surface area contributed by atoms with Crippen LogP contribution in [0.15, 0.2) is 115 Å². The predicted molar refractivity (Wildman–Crippen MR) is 178 cm³/mol. The highest BCUT2D eigenvalue weighted by Gasteiger charge is 2.51. The van der Waals surface area contributed by atoms with Gasteiger partial charge in [-0.15, -0.1) is 0 Å². The van der Waals surface area contributed by atoms with Crippen LogP contribution in [0.5, 0.6) is 0 Å². The third-order valence-corrected chi connectivity index (χ3v) is 8.95. The van der Waals surface area contributed by atoms with E-state index in [9.17, 15) is 9.59 Å². The van der Waals surface area contributed by atoms with E-state index in [2.05, 4.69) is 78.1 Å². The van der Waals surface area contributed by atoms with Gasteiger partial charge in [0, 0.05) is 11.8 Å². The van der Waals surface area contributed by atoms with Gasteiger partial charge in [0.05, 0.1) is 0 Å². The third kappa shape index (κ3) is 6.88. The third-order valence-electron chi connectivity index (χ3n) is 8.95. The molecule has 5 heteroatoms. The number of alkyl carbamates (subject to hydrolysis) is 1. The molecule has 1 amide bonds. The number of hydrogen-bond donors (Lipinski definition) is 1. The summed E-state index contributed by atoms with van der Waals surface area (Å²) in [5, 5.41) is 2.84. The van der Waals surface area contributed by atoms with Gasteiger partial charge in [0.25, 0.3) is 0 Å². The number of nitrogens with one attached hydrogen (secondary N) is 1. The Morgan fingerprint density at radius 3 is 2.13 bits per heavy atom. The monoisotopic (exact) mass is 599 g/mol. The fourth-order valence-corrected chi connectivity index (χ4v) is 6.82. The first-order chi connectivity index (χ1) is 21.7. The summed E-state index contributed by atoms with van der Waals surface area (Å²) in [6, 6.07) is 36.1. The second kappa shape index (κ2) is 12.8. The fourth-order valence-electron chi connectivity index (χ4n) is 6.82. The van der Waals surface area contributed by atoms with E-state index < -0.39 is 35.2 Å². The van der Waals surface area contributed by atoms with E-state index in [1.807, 2.05) is 42.5 Å². The van der Waals surface area contributed by atoms with Crippen molar-refractivity contribution in [2.24, 2.45) is 5.41 Å². The minimum absolute atomic E-state index is 0.290. The van der Waals surface area contributed by atoms with E-state index in [1.54, 1.807) is 20.8 Å². The van der Waals surface area contributed by atoms with Gasteiger partial charge in [0.2, 0.25) is 0 Å². The number of carbonyl (C=O) groups excluding carboxylic acids is 2. The Labute approximate surface area is 266 Å². The first kappa shape index (κ1) is 30.4. The fraction of sp³-hybridized carbons (Fsp3) is 0.300. The van der Waals surface area contributed by atoms with Gasteiger partial charge in [0.15, 0.2) is 0 Å². The molecule has 6 rings (SSSR count). The number of aryl methyl sites for hydroxylation is 1. The Kier molecular flexibility index (Phi) is 8.62. The Morgan fingerprint density at radius 2 is 1.44 bits per heavy atom. The molecule has 4 aromatic rings. The maximum atomic E-state index is 14.3. The molecule has 0 fully saturated rings. The van der Waals surface area contributed by atoms with Gasteiger partial charge in [-0.05, 0) is 79.8 Å². The first-order valence-corrected chi connectivity index (χ1v) is 15.8. The molecule has 1 N–H and O–H groups in total. The first-order valence-electron chi connectivity index (χ1n) is 15.8. The summed E-state index contributed by atoms with van der Waals surface area (Å²) in [5.41, 5.74) is 7.06. The Bertz CT molecular complexity index is 1690. The van der Waals surface area contributed by atoms with Gasteiger partial charge in [-0.3, -0.25) is 0 Å². The summed E-state index contributed by atoms with van der Waals surface area (Å²) in [5.74, 6) is -0.466. The number of carbonyl (C=O) groups is 2. The van der Waals surface area contributed by atoms with Gasteiger partial charge in [-0.25, -0.2) is 9.59 Å². The average Bonchev–Trinajstić information content (AvgIpc) is 3.60. The summed E-state index contributed by atoms with van der Waals surface area (Å²) >= 11 is 0. The lowest BCUT2D eigenvalue weighted by Gasteiger charge is -2.38. The highest BCUT2D eigenvalue weighted by atomic mass is 16.6. The van der Waals surface area contributed by atoms with Gasteiger partial charge in [-0.1, -0.05) is 121 Å². The zero-order valence-electron chi connectivity index (χ0n) is 26.3. The molecular weight excluding hydrogens is 558 g/mol. The predicted octanol–water partition coefficient (Wildman–Crippen LogP) is 8.22. The van der Waals surface area contributed by atoms with Crippen LogP contribution in [0.1, 0.15) is 66.7 Å². The van der Waals surface area contributed by atoms with E-state index in [0.717, 1.165) is 36.8 Å². The molecule has 2 aliphatic carbocycles. The van der Waals surface area contributed by atoms with Crippen molar-refractivity contribution >= 4 is 18.1 Å². The van der Waals surface area contributed by atoms with Crippen molar-refractivity contribution in [1.82, 2.24) is 5.32 Å². The van der Waals surface area contributed by atoms with Crippen molar-refractivity contribution in [3.63, 3.8) is 0 Å². The standard InChI is InChI=1S/C40H41NO4/c1-39(2,3)45-38(43)41-35(24-29-16-8-5-9-17-29)37(42)44-36-34-21-13-12-20-32(34)27-40(36,23-22-28-14-6-4-7-15-28)33-25-30-18-10-11-19-31(30)26-33/h4-21,25,35-36H,22-24,26-27H2,1-3H3,(H,41,43)/t35-,36?,40?/m1/s1. The molecule has 0 bridgehead atoms. The van der Waals surface area contributed by atoms with Gasteiger partial charge < -0.3 is 14.8 Å². The molecule has 0 aromatic heterocycles. The molecule has 45 heavy (non-hydrogen) atoms. The molecule has 0 aliphatic heterocycles. The van der Waals surface area contributed by atoms with Gasteiger partial charge >= 0.3 is 12.1 Å². The van der Waals surface area contributed by atoms with E-state index in [4.69, 9.17) is 9.47 Å². The van der Waals surface area contributed by atoms with E-state index in [-0.39, 0.29) is 0 Å². The second-order valence-electron chi connectivity index (χ2n) is 13.3. The molecular formula is C40H41NO4. The van der Waals surface area contributed by atoms with Crippen LogP contribution in [0, 0.1) is 5.41 Å². The largest absolute Gasteiger partial charge is 0.455 e. The van der Waals surface area contributed by atoms with E-state index >= 15 is 0 Å². The lowest BCUT2D eigenvalue weighted by Crippen LogP contribution is -2.46. The Hall–Kier alpha value is -4.64. The Balaban J connectivity index is 1.37. The van der Waals surface area contributed by atoms with Crippen LogP contribution in [0.2, 0.25) is 0 Å². The molecule has 2 unspecified atom stereocenters. The van der Waals surface area contributed by atoms with Crippen LogP contribution in [-0.4, -0.2) is 23.7 Å². The maximum Gasteiger partial charge on any atom is 0.408 e. The summed E-state index contributed by atoms with van der Waals surface area (Å²) < 4.78 is 12.2. The lowest BCUT2D eigenvalue weighted by molar-refractivity contribution is -0.157. The van der Waals surface area contributed by atoms with Crippen LogP contribution < -0.4 is 5.32 Å². The van der Waals surface area contributed by atoms with Crippen LogP contribution in [0.3, 0.4) is 0 Å². The Morgan fingerprint density at radius 1 is 0.822 bits per heavy atom. The smallest absolute Gasteiger partial charge is 0.408 e. The molecule has 0 spiro atoms. The van der Waals surface area contributed by atoms with E-state index in [1.165, 1.54) is 27.8 Å². The molecule has 0 saturated heterocycles. The number of hydrogen-bond acceptors (Lipinski definition) is 4. The normalized spacial score (nSPS) is 19.2. The van der Waals surface area contributed by atoms with Crippen LogP contribution >= 0.6 is 0 Å². The average molecular weight is 600 g/mol. The molecule has 0 radical (unpaired) electrons. The number of benzene rings is 4. The van der Waals surface area contributed by atoms with Crippen LogP contribution in [-0.2, 0) is 40.0 Å². The molecule has 230 valence electrons. The minimum Gasteiger partial charge on any atom is -0.455 e. The lowest BCUT2D eigenvalue weighted by atomic mass is 9.70. The summed E-state index contributed by atoms with van der Waals surface area (Å²) in [4.78, 5) is 27.3. The van der Waals surface area contributed by atoms with E-state index in [0.29, 0.717) is 6.42 Å². The number of fused-ring (bicyclic) bond motifs is 2. The molecule has 4 aromatic carbocycles. The van der Waals surface area contributed by atoms with Crippen molar-refractivity contribution in [3.8, 4) is 0 Å². The molecule has 5 nitrogen and oxygen atoms in total. The molecule has 0 saturated carbocycles. The number of ether oxygens (including phenoxy) is 2. The van der Waals surface area contributed by atoms with Crippen molar-refractivity contribution in [2.75, 3.05) is 0 Å². The van der Waals surface area contributed by atoms with Crippen molar-refractivity contribution in [1.29, 1.82) is 0 Å². The van der Waals surface area contributed by atoms with Crippen molar-refractivity contribution < 1.29 is 19.1 Å². The maximum absolute atomic E-state index is 14.3. The van der Waals surface area contributed by atoms with Crippen molar-refractivity contribution in [3.05, 3.63) is 148 Å². The zero-order valence-corrected chi connectivity index (χ0v) is 26.3. The summed E-state index contributed by atoms with van der Waals surface area (Å²) in [7, 11) is 0.